The summed E-state index contributed by atoms with van der Waals surface area (Å²) in [5.41, 5.74) is 2.74. The Labute approximate surface area is 227 Å². The molecule has 1 unspecified atom stereocenters. The Kier molecular flexibility index (Phi) is 6.37. The maximum atomic E-state index is 15.3. The van der Waals surface area contributed by atoms with Crippen molar-refractivity contribution in [2.24, 2.45) is 0 Å². The molecule has 1 aromatic carbocycles. The normalized spacial score (nSPS) is 16.4. The van der Waals surface area contributed by atoms with Gasteiger partial charge in [0.25, 0.3) is 11.8 Å². The molecule has 1 aliphatic heterocycles. The lowest BCUT2D eigenvalue weighted by Crippen LogP contribution is -2.43. The van der Waals surface area contributed by atoms with Crippen LogP contribution in [0.2, 0.25) is 5.15 Å². The number of nitriles is 1. The van der Waals surface area contributed by atoms with E-state index in [2.05, 4.69) is 10.3 Å². The number of hydrogen-bond donors (Lipinski definition) is 1. The van der Waals surface area contributed by atoms with E-state index in [-0.39, 0.29) is 52.8 Å². The lowest BCUT2D eigenvalue weighted by molar-refractivity contribution is -0.135. The molecule has 0 radical (unpaired) electrons. The number of halogens is 2. The number of fused-ring (bicyclic) bond motifs is 3. The van der Waals surface area contributed by atoms with Crippen molar-refractivity contribution in [1.82, 2.24) is 24.6 Å². The Hall–Kier alpha value is -4.49. The molecule has 0 saturated heterocycles. The van der Waals surface area contributed by atoms with E-state index >= 15 is 4.39 Å². The molecular weight excluding hydrogens is 523 g/mol. The number of benzene rings is 1. The second kappa shape index (κ2) is 10.0. The molecule has 1 atom stereocenters. The van der Waals surface area contributed by atoms with Crippen LogP contribution >= 0.6 is 11.6 Å². The Balaban J connectivity index is 1.28. The molecule has 4 aromatic rings. The topological polar surface area (TPSA) is 113 Å². The van der Waals surface area contributed by atoms with Gasteiger partial charge in [-0.05, 0) is 49.2 Å². The van der Waals surface area contributed by atoms with Gasteiger partial charge < -0.3 is 19.4 Å². The fourth-order valence-corrected chi connectivity index (χ4v) is 5.02. The van der Waals surface area contributed by atoms with Crippen LogP contribution in [0.4, 0.5) is 4.39 Å². The number of aromatic nitrogens is 3. The van der Waals surface area contributed by atoms with E-state index in [1.165, 1.54) is 30.3 Å². The van der Waals surface area contributed by atoms with Gasteiger partial charge in [-0.1, -0.05) is 23.7 Å². The first-order chi connectivity index (χ1) is 18.9. The number of carbonyl (C=O) groups is 2. The molecule has 39 heavy (non-hydrogen) atoms. The van der Waals surface area contributed by atoms with Crippen molar-refractivity contribution in [3.05, 3.63) is 93.9 Å². The Bertz CT molecular complexity index is 1660. The number of carbonyl (C=O) groups excluding carboxylic acids is 2. The molecule has 0 spiro atoms. The van der Waals surface area contributed by atoms with E-state index in [9.17, 15) is 14.9 Å². The molecule has 4 heterocycles. The zero-order valence-electron chi connectivity index (χ0n) is 20.6. The van der Waals surface area contributed by atoms with Crippen LogP contribution < -0.4 is 10.1 Å². The molecule has 0 bridgehead atoms. The van der Waals surface area contributed by atoms with E-state index < -0.39 is 17.8 Å². The molecule has 2 amide bonds. The maximum Gasteiger partial charge on any atom is 0.270 e. The highest BCUT2D eigenvalue weighted by Gasteiger charge is 2.37. The number of rotatable bonds is 6. The summed E-state index contributed by atoms with van der Waals surface area (Å²) in [5.74, 6) is -1.15. The first kappa shape index (κ1) is 24.8. The minimum absolute atomic E-state index is 0.0383. The van der Waals surface area contributed by atoms with Gasteiger partial charge in [0, 0.05) is 30.8 Å². The van der Waals surface area contributed by atoms with Crippen LogP contribution in [0.1, 0.15) is 51.9 Å². The van der Waals surface area contributed by atoms with Crippen molar-refractivity contribution in [3.8, 4) is 11.8 Å². The van der Waals surface area contributed by atoms with Gasteiger partial charge in [-0.3, -0.25) is 9.59 Å². The SMILES string of the molecule is N#Cc1ccc(C2c3c(nc4ccccn34)CCN2C(=O)COc2ccc(C(=O)NC3CC3)nc2Cl)c(F)c1. The summed E-state index contributed by atoms with van der Waals surface area (Å²) >= 11 is 6.26. The zero-order valence-corrected chi connectivity index (χ0v) is 21.4. The van der Waals surface area contributed by atoms with Gasteiger partial charge in [0.15, 0.2) is 17.5 Å². The zero-order chi connectivity index (χ0) is 27.1. The van der Waals surface area contributed by atoms with Crippen molar-refractivity contribution in [1.29, 1.82) is 5.26 Å². The summed E-state index contributed by atoms with van der Waals surface area (Å²) in [4.78, 5) is 36.1. The van der Waals surface area contributed by atoms with Gasteiger partial charge in [0.05, 0.1) is 23.0 Å². The van der Waals surface area contributed by atoms with Crippen LogP contribution in [-0.4, -0.2) is 50.3 Å². The van der Waals surface area contributed by atoms with Crippen LogP contribution in [-0.2, 0) is 11.2 Å². The monoisotopic (exact) mass is 544 g/mol. The Morgan fingerprint density at radius 1 is 1.18 bits per heavy atom. The first-order valence-electron chi connectivity index (χ1n) is 12.5. The number of ether oxygens (including phenoxy) is 1. The van der Waals surface area contributed by atoms with Crippen LogP contribution in [0.3, 0.4) is 0 Å². The van der Waals surface area contributed by atoms with E-state index in [0.29, 0.717) is 17.8 Å². The molecule has 9 nitrogen and oxygen atoms in total. The second-order valence-electron chi connectivity index (χ2n) is 9.48. The number of imidazole rings is 1. The van der Waals surface area contributed by atoms with Gasteiger partial charge in [0.1, 0.15) is 23.2 Å². The minimum Gasteiger partial charge on any atom is -0.481 e. The number of hydrogen-bond acceptors (Lipinski definition) is 6. The third kappa shape index (κ3) is 4.77. The lowest BCUT2D eigenvalue weighted by Gasteiger charge is -2.36. The quantitative estimate of drug-likeness (QED) is 0.369. The number of nitrogens with one attached hydrogen (secondary N) is 1. The summed E-state index contributed by atoms with van der Waals surface area (Å²) in [6.45, 7) is -0.0923. The molecule has 1 aliphatic carbocycles. The van der Waals surface area contributed by atoms with Gasteiger partial charge in [-0.25, -0.2) is 14.4 Å². The van der Waals surface area contributed by atoms with Crippen molar-refractivity contribution in [2.75, 3.05) is 13.2 Å². The highest BCUT2D eigenvalue weighted by molar-refractivity contribution is 6.31. The van der Waals surface area contributed by atoms with E-state index in [1.54, 1.807) is 4.90 Å². The van der Waals surface area contributed by atoms with Gasteiger partial charge in [-0.2, -0.15) is 5.26 Å². The third-order valence-corrected chi connectivity index (χ3v) is 7.13. The van der Waals surface area contributed by atoms with Crippen molar-refractivity contribution < 1.29 is 18.7 Å². The second-order valence-corrected chi connectivity index (χ2v) is 9.84. The summed E-state index contributed by atoms with van der Waals surface area (Å²) in [6.07, 6.45) is 4.20. The number of nitrogens with zero attached hydrogens (tertiary/aromatic N) is 5. The van der Waals surface area contributed by atoms with Crippen molar-refractivity contribution >= 4 is 29.1 Å². The Morgan fingerprint density at radius 3 is 2.77 bits per heavy atom. The van der Waals surface area contributed by atoms with Crippen LogP contribution in [0.5, 0.6) is 5.75 Å². The van der Waals surface area contributed by atoms with Gasteiger partial charge in [-0.15, -0.1) is 0 Å². The van der Waals surface area contributed by atoms with E-state index in [0.717, 1.165) is 18.5 Å². The fourth-order valence-electron chi connectivity index (χ4n) is 4.81. The maximum absolute atomic E-state index is 15.3. The molecule has 3 aromatic heterocycles. The molecule has 6 rings (SSSR count). The highest BCUT2D eigenvalue weighted by Crippen LogP contribution is 2.37. The van der Waals surface area contributed by atoms with Crippen LogP contribution in [0.25, 0.3) is 5.65 Å². The molecule has 11 heteroatoms. The summed E-state index contributed by atoms with van der Waals surface area (Å²) in [7, 11) is 0. The molecule has 1 N–H and O–H groups in total. The largest absolute Gasteiger partial charge is 0.481 e. The van der Waals surface area contributed by atoms with Crippen molar-refractivity contribution in [2.45, 2.75) is 31.3 Å². The highest BCUT2D eigenvalue weighted by atomic mass is 35.5. The molecule has 1 saturated carbocycles. The number of amides is 2. The molecule has 1 fully saturated rings. The van der Waals surface area contributed by atoms with Crippen LogP contribution in [0, 0.1) is 17.1 Å². The van der Waals surface area contributed by atoms with Gasteiger partial charge >= 0.3 is 0 Å². The lowest BCUT2D eigenvalue weighted by atomic mass is 9.94. The number of pyridine rings is 2. The van der Waals surface area contributed by atoms with Gasteiger partial charge in [0.2, 0.25) is 0 Å². The third-order valence-electron chi connectivity index (χ3n) is 6.86. The predicted octanol–water partition coefficient (Wildman–Crippen LogP) is 3.84. The standard InChI is InChI=1S/C28H22ClFN6O3/c29-27-22(9-8-21(34-27)28(38)32-17-5-6-17)39-15-24(37)36-12-10-20-26(35-11-2-1-3-23(35)33-20)25(36)18-7-4-16(14-31)13-19(18)30/h1-4,7-9,11,13,17,25H,5-6,10,12,15H2,(H,32,38). The summed E-state index contributed by atoms with van der Waals surface area (Å²) in [5, 5.41) is 12.0. The molecule has 2 aliphatic rings. The average molecular weight is 545 g/mol. The summed E-state index contributed by atoms with van der Waals surface area (Å²) in [6, 6.07) is 14.1. The smallest absolute Gasteiger partial charge is 0.270 e. The Morgan fingerprint density at radius 2 is 2.03 bits per heavy atom. The van der Waals surface area contributed by atoms with Crippen molar-refractivity contribution in [3.63, 3.8) is 0 Å². The molecule has 196 valence electrons. The van der Waals surface area contributed by atoms with E-state index in [1.807, 2.05) is 34.9 Å². The van der Waals surface area contributed by atoms with E-state index in [4.69, 9.17) is 21.3 Å². The average Bonchev–Trinajstić information content (AvgIpc) is 3.68. The minimum atomic E-state index is -0.794. The first-order valence-corrected chi connectivity index (χ1v) is 12.9. The summed E-state index contributed by atoms with van der Waals surface area (Å²) < 4.78 is 22.9. The fraction of sp³-hybridized carbons (Fsp3) is 0.250. The van der Waals surface area contributed by atoms with Crippen LogP contribution in [0.15, 0.2) is 54.7 Å². The predicted molar refractivity (Wildman–Crippen MR) is 139 cm³/mol. The molecular formula is C28H22ClFN6O3.